The number of hydrogen-bond acceptors (Lipinski definition) is 2. The summed E-state index contributed by atoms with van der Waals surface area (Å²) in [5.41, 5.74) is 6.64. The van der Waals surface area contributed by atoms with Crippen LogP contribution >= 0.6 is 11.6 Å². The fraction of sp³-hybridized carbons (Fsp3) is 0.500. The van der Waals surface area contributed by atoms with Crippen molar-refractivity contribution < 1.29 is 4.79 Å². The zero-order valence-electron chi connectivity index (χ0n) is 11.0. The first kappa shape index (κ1) is 14.8. The summed E-state index contributed by atoms with van der Waals surface area (Å²) in [6.07, 6.45) is 3.34. The maximum Gasteiger partial charge on any atom is 0.251 e. The van der Waals surface area contributed by atoms with E-state index in [-0.39, 0.29) is 5.91 Å². The number of carbonyl (C=O) groups excluding carboxylic acids is 1. The Morgan fingerprint density at radius 2 is 2.11 bits per heavy atom. The van der Waals surface area contributed by atoms with E-state index < -0.39 is 0 Å². The number of anilines is 1. The molecule has 1 amide bonds. The first-order valence-electron chi connectivity index (χ1n) is 6.34. The number of rotatable bonds is 6. The van der Waals surface area contributed by atoms with E-state index >= 15 is 0 Å². The molecule has 1 aromatic rings. The lowest BCUT2D eigenvalue weighted by Gasteiger charge is -2.07. The molecule has 0 unspecified atom stereocenters. The zero-order valence-corrected chi connectivity index (χ0v) is 11.8. The molecule has 0 fully saturated rings. The van der Waals surface area contributed by atoms with Crippen molar-refractivity contribution in [2.75, 3.05) is 12.3 Å². The summed E-state index contributed by atoms with van der Waals surface area (Å²) >= 11 is 5.87. The Hall–Kier alpha value is -1.22. The minimum Gasteiger partial charge on any atom is -0.398 e. The molecule has 0 aliphatic carbocycles. The van der Waals surface area contributed by atoms with Gasteiger partial charge in [-0.25, -0.2) is 0 Å². The molecule has 3 nitrogen and oxygen atoms in total. The van der Waals surface area contributed by atoms with Crippen LogP contribution in [0, 0.1) is 5.92 Å². The molecule has 0 radical (unpaired) electrons. The molecule has 0 aliphatic rings. The molecular weight excluding hydrogens is 248 g/mol. The Kier molecular flexibility index (Phi) is 5.99. The Labute approximate surface area is 114 Å². The van der Waals surface area contributed by atoms with Gasteiger partial charge in [-0.1, -0.05) is 38.3 Å². The second kappa shape index (κ2) is 7.27. The van der Waals surface area contributed by atoms with Gasteiger partial charge >= 0.3 is 0 Å². The molecular formula is C14H21ClN2O. The van der Waals surface area contributed by atoms with E-state index in [1.54, 1.807) is 18.2 Å². The van der Waals surface area contributed by atoms with Crippen LogP contribution in [0.4, 0.5) is 5.69 Å². The summed E-state index contributed by atoms with van der Waals surface area (Å²) in [4.78, 5) is 11.8. The van der Waals surface area contributed by atoms with Crippen molar-refractivity contribution in [1.82, 2.24) is 5.32 Å². The molecule has 18 heavy (non-hydrogen) atoms. The average molecular weight is 269 g/mol. The van der Waals surface area contributed by atoms with Gasteiger partial charge in [0.2, 0.25) is 0 Å². The van der Waals surface area contributed by atoms with Crippen LogP contribution in [0.5, 0.6) is 0 Å². The molecule has 0 saturated carbocycles. The molecule has 4 heteroatoms. The highest BCUT2D eigenvalue weighted by Gasteiger charge is 2.06. The van der Waals surface area contributed by atoms with Crippen LogP contribution < -0.4 is 11.1 Å². The maximum absolute atomic E-state index is 11.8. The normalized spacial score (nSPS) is 10.7. The standard InChI is InChI=1S/C14H21ClN2O/c1-10(2)5-3-4-8-17-14(18)11-6-7-13(16)12(15)9-11/h6-7,9-10H,3-5,8,16H2,1-2H3,(H,17,18). The molecule has 0 aliphatic heterocycles. The number of nitrogen functional groups attached to an aromatic ring is 1. The van der Waals surface area contributed by atoms with Crippen LogP contribution in [-0.4, -0.2) is 12.5 Å². The molecule has 0 heterocycles. The number of unbranched alkanes of at least 4 members (excludes halogenated alkanes) is 1. The van der Waals surface area contributed by atoms with Crippen molar-refractivity contribution in [1.29, 1.82) is 0 Å². The molecule has 0 aromatic heterocycles. The first-order chi connectivity index (χ1) is 8.50. The Morgan fingerprint density at radius 3 is 2.72 bits per heavy atom. The lowest BCUT2D eigenvalue weighted by atomic mass is 10.1. The minimum absolute atomic E-state index is 0.0959. The number of amides is 1. The molecule has 0 saturated heterocycles. The van der Waals surface area contributed by atoms with Crippen LogP contribution in [0.25, 0.3) is 0 Å². The predicted molar refractivity (Wildman–Crippen MR) is 76.9 cm³/mol. The number of nitrogens with two attached hydrogens (primary N) is 1. The van der Waals surface area contributed by atoms with E-state index in [0.29, 0.717) is 22.8 Å². The molecule has 3 N–H and O–H groups in total. The Morgan fingerprint density at radius 1 is 1.39 bits per heavy atom. The van der Waals surface area contributed by atoms with Gasteiger partial charge < -0.3 is 11.1 Å². The van der Waals surface area contributed by atoms with Crippen LogP contribution in [-0.2, 0) is 0 Å². The van der Waals surface area contributed by atoms with Gasteiger partial charge in [0.05, 0.1) is 10.7 Å². The average Bonchev–Trinajstić information content (AvgIpc) is 2.31. The number of carbonyl (C=O) groups is 1. The van der Waals surface area contributed by atoms with Crippen molar-refractivity contribution in [2.45, 2.75) is 33.1 Å². The number of hydrogen-bond donors (Lipinski definition) is 2. The molecule has 100 valence electrons. The van der Waals surface area contributed by atoms with E-state index in [1.807, 2.05) is 0 Å². The quantitative estimate of drug-likeness (QED) is 0.613. The fourth-order valence-corrected chi connectivity index (χ4v) is 1.83. The van der Waals surface area contributed by atoms with Gasteiger partial charge in [0, 0.05) is 12.1 Å². The topological polar surface area (TPSA) is 55.1 Å². The van der Waals surface area contributed by atoms with Crippen LogP contribution in [0.2, 0.25) is 5.02 Å². The van der Waals surface area contributed by atoms with Gasteiger partial charge in [0.25, 0.3) is 5.91 Å². The van der Waals surface area contributed by atoms with E-state index in [4.69, 9.17) is 17.3 Å². The SMILES string of the molecule is CC(C)CCCCNC(=O)c1ccc(N)c(Cl)c1. The summed E-state index contributed by atoms with van der Waals surface area (Å²) in [6, 6.07) is 4.93. The van der Waals surface area contributed by atoms with Crippen LogP contribution in [0.3, 0.4) is 0 Å². The molecule has 1 aromatic carbocycles. The lowest BCUT2D eigenvalue weighted by molar-refractivity contribution is 0.0953. The van der Waals surface area contributed by atoms with E-state index in [9.17, 15) is 4.79 Å². The third kappa shape index (κ3) is 4.96. The van der Waals surface area contributed by atoms with Crippen molar-refractivity contribution in [3.05, 3.63) is 28.8 Å². The van der Waals surface area contributed by atoms with Gasteiger partial charge in [0.1, 0.15) is 0 Å². The zero-order chi connectivity index (χ0) is 13.5. The van der Waals surface area contributed by atoms with E-state index in [0.717, 1.165) is 18.8 Å². The summed E-state index contributed by atoms with van der Waals surface area (Å²) in [6.45, 7) is 5.11. The number of halogens is 1. The van der Waals surface area contributed by atoms with Gasteiger partial charge in [0.15, 0.2) is 0 Å². The highest BCUT2D eigenvalue weighted by molar-refractivity contribution is 6.33. The maximum atomic E-state index is 11.8. The lowest BCUT2D eigenvalue weighted by Crippen LogP contribution is -2.24. The van der Waals surface area contributed by atoms with Crippen molar-refractivity contribution in [3.63, 3.8) is 0 Å². The minimum atomic E-state index is -0.0959. The number of nitrogens with one attached hydrogen (secondary N) is 1. The second-order valence-electron chi connectivity index (χ2n) is 4.88. The third-order valence-corrected chi connectivity index (χ3v) is 3.08. The smallest absolute Gasteiger partial charge is 0.251 e. The fourth-order valence-electron chi connectivity index (χ4n) is 1.65. The first-order valence-corrected chi connectivity index (χ1v) is 6.71. The summed E-state index contributed by atoms with van der Waals surface area (Å²) in [7, 11) is 0. The van der Waals surface area contributed by atoms with Crippen molar-refractivity contribution >= 4 is 23.2 Å². The van der Waals surface area contributed by atoms with Crippen molar-refractivity contribution in [2.24, 2.45) is 5.92 Å². The largest absolute Gasteiger partial charge is 0.398 e. The monoisotopic (exact) mass is 268 g/mol. The summed E-state index contributed by atoms with van der Waals surface area (Å²) in [5.74, 6) is 0.623. The van der Waals surface area contributed by atoms with Crippen LogP contribution in [0.1, 0.15) is 43.5 Å². The predicted octanol–water partition coefficient (Wildman–Crippen LogP) is 3.48. The summed E-state index contributed by atoms with van der Waals surface area (Å²) in [5, 5.41) is 3.30. The molecule has 1 rings (SSSR count). The molecule has 0 bridgehead atoms. The summed E-state index contributed by atoms with van der Waals surface area (Å²) < 4.78 is 0. The highest BCUT2D eigenvalue weighted by atomic mass is 35.5. The Balaban J connectivity index is 2.34. The number of benzene rings is 1. The molecule has 0 spiro atoms. The third-order valence-electron chi connectivity index (χ3n) is 2.76. The van der Waals surface area contributed by atoms with Gasteiger partial charge in [-0.2, -0.15) is 0 Å². The van der Waals surface area contributed by atoms with E-state index in [1.165, 1.54) is 6.42 Å². The van der Waals surface area contributed by atoms with Gasteiger partial charge in [-0.05, 0) is 30.5 Å². The Bertz CT molecular complexity index is 405. The highest BCUT2D eigenvalue weighted by Crippen LogP contribution is 2.19. The van der Waals surface area contributed by atoms with Crippen molar-refractivity contribution in [3.8, 4) is 0 Å². The van der Waals surface area contributed by atoms with Crippen LogP contribution in [0.15, 0.2) is 18.2 Å². The van der Waals surface area contributed by atoms with Gasteiger partial charge in [-0.15, -0.1) is 0 Å². The molecule has 0 atom stereocenters. The van der Waals surface area contributed by atoms with Gasteiger partial charge in [-0.3, -0.25) is 4.79 Å². The second-order valence-corrected chi connectivity index (χ2v) is 5.29. The van der Waals surface area contributed by atoms with E-state index in [2.05, 4.69) is 19.2 Å².